The fourth-order valence-corrected chi connectivity index (χ4v) is 2.15. The molecule has 10 heavy (non-hydrogen) atoms. The van der Waals surface area contributed by atoms with Crippen LogP contribution >= 0.6 is 11.8 Å². The van der Waals surface area contributed by atoms with Gasteiger partial charge in [0.05, 0.1) is 5.92 Å². The van der Waals surface area contributed by atoms with E-state index >= 15 is 0 Å². The lowest BCUT2D eigenvalue weighted by molar-refractivity contribution is -0.130. The van der Waals surface area contributed by atoms with Crippen LogP contribution in [0.2, 0.25) is 0 Å². The van der Waals surface area contributed by atoms with E-state index in [2.05, 4.69) is 0 Å². The fourth-order valence-electron chi connectivity index (χ4n) is 0.985. The SMILES string of the molecule is CC(=O)[C@H]1CSCCC1=O. The van der Waals surface area contributed by atoms with Gasteiger partial charge in [-0.05, 0) is 6.92 Å². The molecule has 0 unspecified atom stereocenters. The average Bonchev–Trinajstić information content (AvgIpc) is 1.88. The van der Waals surface area contributed by atoms with Crippen LogP contribution in [-0.2, 0) is 9.59 Å². The molecule has 2 nitrogen and oxygen atoms in total. The van der Waals surface area contributed by atoms with Crippen LogP contribution in [0.3, 0.4) is 0 Å². The molecule has 0 N–H and O–H groups in total. The molecule has 0 spiro atoms. The van der Waals surface area contributed by atoms with E-state index in [9.17, 15) is 9.59 Å². The van der Waals surface area contributed by atoms with Gasteiger partial charge in [-0.2, -0.15) is 11.8 Å². The summed E-state index contributed by atoms with van der Waals surface area (Å²) in [7, 11) is 0. The first-order chi connectivity index (χ1) is 4.72. The maximum absolute atomic E-state index is 11.0. The molecule has 56 valence electrons. The van der Waals surface area contributed by atoms with E-state index in [0.29, 0.717) is 12.2 Å². The minimum Gasteiger partial charge on any atom is -0.299 e. The average molecular weight is 158 g/mol. The highest BCUT2D eigenvalue weighted by Crippen LogP contribution is 2.19. The molecule has 1 aliphatic rings. The third-order valence-corrected chi connectivity index (χ3v) is 2.72. The Kier molecular flexibility index (Phi) is 2.49. The first-order valence-electron chi connectivity index (χ1n) is 3.32. The molecule has 1 heterocycles. The number of hydrogen-bond donors (Lipinski definition) is 0. The van der Waals surface area contributed by atoms with Gasteiger partial charge in [0, 0.05) is 17.9 Å². The highest BCUT2D eigenvalue weighted by atomic mass is 32.2. The fraction of sp³-hybridized carbons (Fsp3) is 0.714. The van der Waals surface area contributed by atoms with E-state index in [-0.39, 0.29) is 17.5 Å². The molecular formula is C7H10O2S. The smallest absolute Gasteiger partial charge is 0.144 e. The van der Waals surface area contributed by atoms with Crippen molar-refractivity contribution in [3.8, 4) is 0 Å². The van der Waals surface area contributed by atoms with Crippen LogP contribution < -0.4 is 0 Å². The molecule has 0 aromatic heterocycles. The number of hydrogen-bond acceptors (Lipinski definition) is 3. The zero-order valence-corrected chi connectivity index (χ0v) is 6.74. The number of thioether (sulfide) groups is 1. The molecule has 0 aliphatic carbocycles. The quantitative estimate of drug-likeness (QED) is 0.532. The summed E-state index contributed by atoms with van der Waals surface area (Å²) in [6, 6.07) is 0. The molecule has 0 radical (unpaired) electrons. The van der Waals surface area contributed by atoms with Gasteiger partial charge in [0.2, 0.25) is 0 Å². The second-order valence-corrected chi connectivity index (χ2v) is 3.60. The van der Waals surface area contributed by atoms with Gasteiger partial charge >= 0.3 is 0 Å². The van der Waals surface area contributed by atoms with E-state index in [1.165, 1.54) is 6.92 Å². The summed E-state index contributed by atoms with van der Waals surface area (Å²) in [5, 5.41) is 0. The predicted molar refractivity (Wildman–Crippen MR) is 41.1 cm³/mol. The minimum atomic E-state index is -0.293. The maximum atomic E-state index is 11.0. The normalized spacial score (nSPS) is 26.5. The van der Waals surface area contributed by atoms with E-state index in [1.807, 2.05) is 0 Å². The van der Waals surface area contributed by atoms with Crippen LogP contribution in [0, 0.1) is 5.92 Å². The first-order valence-corrected chi connectivity index (χ1v) is 4.48. The Balaban J connectivity index is 2.56. The highest BCUT2D eigenvalue weighted by molar-refractivity contribution is 7.99. The molecular weight excluding hydrogens is 148 g/mol. The number of carbonyl (C=O) groups is 2. The summed E-state index contributed by atoms with van der Waals surface area (Å²) in [5.74, 6) is 1.46. The lowest BCUT2D eigenvalue weighted by atomic mass is 10.0. The van der Waals surface area contributed by atoms with E-state index < -0.39 is 0 Å². The zero-order valence-electron chi connectivity index (χ0n) is 5.92. The number of rotatable bonds is 1. The molecule has 1 rings (SSSR count). The summed E-state index contributed by atoms with van der Waals surface area (Å²) in [5.41, 5.74) is 0. The number of ketones is 2. The van der Waals surface area contributed by atoms with Crippen LogP contribution in [0.5, 0.6) is 0 Å². The second-order valence-electron chi connectivity index (χ2n) is 2.45. The molecule has 0 aromatic rings. The summed E-state index contributed by atoms with van der Waals surface area (Å²) in [6.07, 6.45) is 0.578. The number of Topliss-reactive ketones (excluding diaryl/α,β-unsaturated/α-hetero) is 2. The topological polar surface area (TPSA) is 34.1 Å². The standard InChI is InChI=1S/C7H10O2S/c1-5(8)6-4-10-3-2-7(6)9/h6H,2-4H2,1H3/t6-/m1/s1. The van der Waals surface area contributed by atoms with Crippen molar-refractivity contribution in [1.29, 1.82) is 0 Å². The van der Waals surface area contributed by atoms with Gasteiger partial charge in [-0.1, -0.05) is 0 Å². The molecule has 1 fully saturated rings. The minimum absolute atomic E-state index is 0.0252. The van der Waals surface area contributed by atoms with Crippen molar-refractivity contribution in [3.63, 3.8) is 0 Å². The van der Waals surface area contributed by atoms with Crippen molar-refractivity contribution in [2.45, 2.75) is 13.3 Å². The summed E-state index contributed by atoms with van der Waals surface area (Å²) >= 11 is 1.69. The summed E-state index contributed by atoms with van der Waals surface area (Å²) in [6.45, 7) is 1.49. The van der Waals surface area contributed by atoms with Gasteiger partial charge in [0.25, 0.3) is 0 Å². The number of carbonyl (C=O) groups excluding carboxylic acids is 2. The van der Waals surface area contributed by atoms with Crippen molar-refractivity contribution in [1.82, 2.24) is 0 Å². The Morgan fingerprint density at radius 1 is 1.70 bits per heavy atom. The highest BCUT2D eigenvalue weighted by Gasteiger charge is 2.25. The van der Waals surface area contributed by atoms with Gasteiger partial charge < -0.3 is 0 Å². The van der Waals surface area contributed by atoms with Crippen LogP contribution in [0.25, 0.3) is 0 Å². The van der Waals surface area contributed by atoms with Crippen molar-refractivity contribution < 1.29 is 9.59 Å². The van der Waals surface area contributed by atoms with Crippen LogP contribution in [0.15, 0.2) is 0 Å². The van der Waals surface area contributed by atoms with Crippen molar-refractivity contribution in [2.75, 3.05) is 11.5 Å². The molecule has 1 saturated heterocycles. The Morgan fingerprint density at radius 3 is 2.80 bits per heavy atom. The van der Waals surface area contributed by atoms with Gasteiger partial charge in [0.1, 0.15) is 11.6 Å². The van der Waals surface area contributed by atoms with Crippen LogP contribution in [-0.4, -0.2) is 23.1 Å². The third kappa shape index (κ3) is 1.59. The molecule has 3 heteroatoms. The first kappa shape index (κ1) is 7.79. The lowest BCUT2D eigenvalue weighted by Gasteiger charge is -2.16. The Hall–Kier alpha value is -0.310. The maximum Gasteiger partial charge on any atom is 0.144 e. The Labute approximate surface area is 64.4 Å². The third-order valence-electron chi connectivity index (χ3n) is 1.66. The molecule has 0 bridgehead atoms. The van der Waals surface area contributed by atoms with E-state index in [1.54, 1.807) is 11.8 Å². The van der Waals surface area contributed by atoms with E-state index in [0.717, 1.165) is 5.75 Å². The van der Waals surface area contributed by atoms with Gasteiger partial charge in [-0.25, -0.2) is 0 Å². The zero-order chi connectivity index (χ0) is 7.56. The molecule has 0 saturated carbocycles. The summed E-state index contributed by atoms with van der Waals surface area (Å²) in [4.78, 5) is 21.8. The molecule has 0 aromatic carbocycles. The van der Waals surface area contributed by atoms with Gasteiger partial charge in [-0.15, -0.1) is 0 Å². The van der Waals surface area contributed by atoms with Crippen molar-refractivity contribution in [3.05, 3.63) is 0 Å². The van der Waals surface area contributed by atoms with Crippen LogP contribution in [0.4, 0.5) is 0 Å². The largest absolute Gasteiger partial charge is 0.299 e. The van der Waals surface area contributed by atoms with Crippen molar-refractivity contribution >= 4 is 23.3 Å². The monoisotopic (exact) mass is 158 g/mol. The van der Waals surface area contributed by atoms with Crippen molar-refractivity contribution in [2.24, 2.45) is 5.92 Å². The van der Waals surface area contributed by atoms with Gasteiger partial charge in [-0.3, -0.25) is 9.59 Å². The van der Waals surface area contributed by atoms with Gasteiger partial charge in [0.15, 0.2) is 0 Å². The predicted octanol–water partition coefficient (Wildman–Crippen LogP) is 0.898. The molecule has 1 aliphatic heterocycles. The Bertz CT molecular complexity index is 165. The lowest BCUT2D eigenvalue weighted by Crippen LogP contribution is -2.28. The summed E-state index contributed by atoms with van der Waals surface area (Å²) < 4.78 is 0. The van der Waals surface area contributed by atoms with Crippen LogP contribution in [0.1, 0.15) is 13.3 Å². The second kappa shape index (κ2) is 3.19. The van der Waals surface area contributed by atoms with E-state index in [4.69, 9.17) is 0 Å². The molecule has 1 atom stereocenters. The molecule has 0 amide bonds. The Morgan fingerprint density at radius 2 is 2.40 bits per heavy atom.